The van der Waals surface area contributed by atoms with Gasteiger partial charge in [0.2, 0.25) is 0 Å². The van der Waals surface area contributed by atoms with E-state index >= 15 is 0 Å². The quantitative estimate of drug-likeness (QED) is 0.321. The fourth-order valence-electron chi connectivity index (χ4n) is 5.25. The highest BCUT2D eigenvalue weighted by molar-refractivity contribution is 5.48. The summed E-state index contributed by atoms with van der Waals surface area (Å²) >= 11 is 0. The summed E-state index contributed by atoms with van der Waals surface area (Å²) < 4.78 is 20.0. The molecule has 0 bridgehead atoms. The first kappa shape index (κ1) is 26.6. The summed E-state index contributed by atoms with van der Waals surface area (Å²) in [6, 6.07) is 27.7. The zero-order valence-corrected chi connectivity index (χ0v) is 21.9. The molecule has 1 aromatic heterocycles. The van der Waals surface area contributed by atoms with Gasteiger partial charge in [0.05, 0.1) is 19.8 Å². The molecule has 3 atom stereocenters. The molecule has 202 valence electrons. The predicted octanol–water partition coefficient (Wildman–Crippen LogP) is 3.76. The molecule has 0 spiro atoms. The molecule has 1 saturated heterocycles. The van der Waals surface area contributed by atoms with Gasteiger partial charge in [-0.05, 0) is 35.7 Å². The lowest BCUT2D eigenvalue weighted by atomic mass is 9.80. The second-order valence-corrected chi connectivity index (χ2v) is 9.74. The first-order valence-electron chi connectivity index (χ1n) is 12.9. The highest BCUT2D eigenvalue weighted by Gasteiger charge is 2.42. The smallest absolute Gasteiger partial charge is 0.330 e. The molecule has 8 nitrogen and oxygen atoms in total. The monoisotopic (exact) mass is 528 g/mol. The highest BCUT2D eigenvalue weighted by atomic mass is 16.6. The van der Waals surface area contributed by atoms with Crippen LogP contribution in [0.2, 0.25) is 0 Å². The number of aliphatic hydroxyl groups excluding tert-OH is 1. The minimum atomic E-state index is -0.984. The Kier molecular flexibility index (Phi) is 7.79. The number of aliphatic hydroxyl groups is 1. The maximum Gasteiger partial charge on any atom is 0.330 e. The van der Waals surface area contributed by atoms with Crippen LogP contribution in [0.25, 0.3) is 0 Å². The Bertz CT molecular complexity index is 1460. The molecule has 0 saturated carbocycles. The third-order valence-electron chi connectivity index (χ3n) is 7.37. The Hall–Kier alpha value is -3.98. The second kappa shape index (κ2) is 11.4. The van der Waals surface area contributed by atoms with E-state index in [2.05, 4.69) is 4.98 Å². The molecule has 5 rings (SSSR count). The number of nitrogens with zero attached hydrogens (tertiary/aromatic N) is 1. The maximum absolute atomic E-state index is 12.5. The summed E-state index contributed by atoms with van der Waals surface area (Å²) in [6.07, 6.45) is 0.771. The molecule has 2 N–H and O–H groups in total. The number of aromatic nitrogens is 2. The van der Waals surface area contributed by atoms with Crippen LogP contribution in [-0.2, 0) is 15.1 Å². The Morgan fingerprint density at radius 2 is 1.54 bits per heavy atom. The van der Waals surface area contributed by atoms with E-state index in [1.54, 1.807) is 14.0 Å². The molecule has 0 amide bonds. The van der Waals surface area contributed by atoms with Gasteiger partial charge in [0.1, 0.15) is 17.6 Å². The van der Waals surface area contributed by atoms with Gasteiger partial charge in [-0.1, -0.05) is 72.8 Å². The minimum absolute atomic E-state index is 0.131. The van der Waals surface area contributed by atoms with Crippen LogP contribution >= 0.6 is 0 Å². The van der Waals surface area contributed by atoms with Gasteiger partial charge in [0.15, 0.2) is 0 Å². The van der Waals surface area contributed by atoms with Crippen molar-refractivity contribution in [3.05, 3.63) is 134 Å². The number of hydrogen-bond donors (Lipinski definition) is 2. The largest absolute Gasteiger partial charge is 0.497 e. The normalized spacial score (nSPS) is 19.2. The molecular weight excluding hydrogens is 496 g/mol. The number of aromatic amines is 1. The lowest BCUT2D eigenvalue weighted by Crippen LogP contribution is -2.37. The number of benzene rings is 3. The van der Waals surface area contributed by atoms with Crippen molar-refractivity contribution in [1.29, 1.82) is 0 Å². The average molecular weight is 529 g/mol. The molecule has 1 aliphatic heterocycles. The van der Waals surface area contributed by atoms with Crippen molar-refractivity contribution in [3.63, 3.8) is 0 Å². The van der Waals surface area contributed by atoms with Gasteiger partial charge in [-0.25, -0.2) is 4.79 Å². The second-order valence-electron chi connectivity index (χ2n) is 9.74. The Labute approximate surface area is 226 Å². The van der Waals surface area contributed by atoms with Crippen LogP contribution in [0.1, 0.15) is 34.9 Å². The van der Waals surface area contributed by atoms with Crippen LogP contribution in [0.5, 0.6) is 5.75 Å². The van der Waals surface area contributed by atoms with Gasteiger partial charge >= 0.3 is 5.69 Å². The van der Waals surface area contributed by atoms with Crippen molar-refractivity contribution in [2.75, 3.05) is 20.3 Å². The molecule has 0 radical (unpaired) electrons. The summed E-state index contributed by atoms with van der Waals surface area (Å²) in [4.78, 5) is 26.7. The number of rotatable bonds is 9. The van der Waals surface area contributed by atoms with Crippen LogP contribution in [0.3, 0.4) is 0 Å². The van der Waals surface area contributed by atoms with Crippen molar-refractivity contribution in [1.82, 2.24) is 9.55 Å². The van der Waals surface area contributed by atoms with Gasteiger partial charge in [-0.2, -0.15) is 0 Å². The van der Waals surface area contributed by atoms with E-state index in [1.165, 1.54) is 10.8 Å². The molecule has 1 aliphatic rings. The molecule has 1 fully saturated rings. The van der Waals surface area contributed by atoms with Crippen molar-refractivity contribution in [2.24, 2.45) is 5.92 Å². The van der Waals surface area contributed by atoms with Crippen molar-refractivity contribution >= 4 is 0 Å². The molecule has 0 aliphatic carbocycles. The molecule has 0 unspecified atom stereocenters. The third kappa shape index (κ3) is 5.18. The van der Waals surface area contributed by atoms with Crippen LogP contribution in [0, 0.1) is 12.8 Å². The fourth-order valence-corrected chi connectivity index (χ4v) is 5.25. The van der Waals surface area contributed by atoms with E-state index < -0.39 is 29.2 Å². The van der Waals surface area contributed by atoms with Crippen LogP contribution in [0.15, 0.2) is 101 Å². The van der Waals surface area contributed by atoms with E-state index in [4.69, 9.17) is 14.2 Å². The van der Waals surface area contributed by atoms with E-state index in [9.17, 15) is 14.7 Å². The van der Waals surface area contributed by atoms with E-state index in [-0.39, 0.29) is 19.1 Å². The molecule has 2 heterocycles. The number of methoxy groups -OCH3 is 1. The fraction of sp³-hybridized carbons (Fsp3) is 0.290. The standard InChI is InChI=1S/C31H32N2O6/c1-21-18-33(30(36)32-29(21)35)28-17-22(19-34)27(39-28)20-38-31(23-9-5-3-6-10-23,24-11-7-4-8-12-24)25-13-15-26(37-2)16-14-25/h3-16,18,22,27-28,34H,17,19-20H2,1-2H3,(H,32,35,36)/t22-,27+,28+/m0/s1. The number of aryl methyl sites for hydroxylation is 1. The van der Waals surface area contributed by atoms with Crippen LogP contribution < -0.4 is 16.0 Å². The van der Waals surface area contributed by atoms with E-state index in [0.29, 0.717) is 12.0 Å². The van der Waals surface area contributed by atoms with Gasteiger partial charge in [-0.15, -0.1) is 0 Å². The molecule has 4 aromatic rings. The number of ether oxygens (including phenoxy) is 3. The van der Waals surface area contributed by atoms with Crippen molar-refractivity contribution < 1.29 is 19.3 Å². The van der Waals surface area contributed by atoms with E-state index in [1.807, 2.05) is 84.9 Å². The third-order valence-corrected chi connectivity index (χ3v) is 7.37. The SMILES string of the molecule is COc1ccc(C(OC[C@H]2O[C@@H](n3cc(C)c(=O)[nH]c3=O)C[C@H]2CO)(c2ccccc2)c2ccccc2)cc1. The van der Waals surface area contributed by atoms with Crippen molar-refractivity contribution in [2.45, 2.75) is 31.3 Å². The van der Waals surface area contributed by atoms with Crippen LogP contribution in [0.4, 0.5) is 0 Å². The Morgan fingerprint density at radius 3 is 2.10 bits per heavy atom. The zero-order valence-electron chi connectivity index (χ0n) is 21.9. The lowest BCUT2D eigenvalue weighted by Gasteiger charge is -2.37. The summed E-state index contributed by atoms with van der Waals surface area (Å²) in [5.74, 6) is 0.465. The summed E-state index contributed by atoms with van der Waals surface area (Å²) in [5.41, 5.74) is 1.22. The first-order valence-corrected chi connectivity index (χ1v) is 12.9. The van der Waals surface area contributed by atoms with Gasteiger partial charge in [0, 0.05) is 30.7 Å². The summed E-state index contributed by atoms with van der Waals surface area (Å²) in [5, 5.41) is 10.2. The maximum atomic E-state index is 12.5. The van der Waals surface area contributed by atoms with Crippen LogP contribution in [-0.4, -0.2) is 41.1 Å². The summed E-state index contributed by atoms with van der Waals surface area (Å²) in [6.45, 7) is 1.65. The zero-order chi connectivity index (χ0) is 27.4. The molecular formula is C31H32N2O6. The lowest BCUT2D eigenvalue weighted by molar-refractivity contribution is -0.0877. The van der Waals surface area contributed by atoms with E-state index in [0.717, 1.165) is 22.4 Å². The average Bonchev–Trinajstić information content (AvgIpc) is 3.40. The predicted molar refractivity (Wildman–Crippen MR) is 147 cm³/mol. The Balaban J connectivity index is 1.53. The van der Waals surface area contributed by atoms with Gasteiger partial charge < -0.3 is 19.3 Å². The van der Waals surface area contributed by atoms with Gasteiger partial charge in [-0.3, -0.25) is 14.3 Å². The Morgan fingerprint density at radius 1 is 0.949 bits per heavy atom. The molecule has 39 heavy (non-hydrogen) atoms. The van der Waals surface area contributed by atoms with Crippen molar-refractivity contribution in [3.8, 4) is 5.75 Å². The number of H-pyrrole nitrogens is 1. The number of nitrogens with one attached hydrogen (secondary N) is 1. The topological polar surface area (TPSA) is 103 Å². The highest BCUT2D eigenvalue weighted by Crippen LogP contribution is 2.42. The van der Waals surface area contributed by atoms with Gasteiger partial charge in [0.25, 0.3) is 5.56 Å². The molecule has 8 heteroatoms. The number of hydrogen-bond acceptors (Lipinski definition) is 6. The summed E-state index contributed by atoms with van der Waals surface area (Å²) in [7, 11) is 1.63. The molecule has 3 aromatic carbocycles. The minimum Gasteiger partial charge on any atom is -0.497 e. The first-order chi connectivity index (χ1) is 19.0.